The maximum Gasteiger partial charge on any atom is 0.304 e. The predicted octanol–water partition coefficient (Wildman–Crippen LogP) is 4.33. The normalized spacial score (nSPS) is 11.7. The van der Waals surface area contributed by atoms with Gasteiger partial charge in [0.25, 0.3) is 0 Å². The van der Waals surface area contributed by atoms with E-state index in [2.05, 4.69) is 29.8 Å². The highest BCUT2D eigenvalue weighted by molar-refractivity contribution is 9.10. The highest BCUT2D eigenvalue weighted by Gasteiger charge is 2.29. The molecule has 1 rings (SSSR count). The van der Waals surface area contributed by atoms with Crippen LogP contribution in [0, 0.1) is 0 Å². The Hall–Kier alpha value is -1.03. The third kappa shape index (κ3) is 3.72. The van der Waals surface area contributed by atoms with Gasteiger partial charge >= 0.3 is 5.97 Å². The molecule has 106 valence electrons. The summed E-state index contributed by atoms with van der Waals surface area (Å²) in [4.78, 5) is 11.0. The molecule has 4 heteroatoms. The number of rotatable bonds is 5. The molecule has 0 fully saturated rings. The smallest absolute Gasteiger partial charge is 0.304 e. The molecular formula is C15H21BrO3. The van der Waals surface area contributed by atoms with E-state index in [4.69, 9.17) is 9.84 Å². The quantitative estimate of drug-likeness (QED) is 0.874. The number of carbonyl (C=O) groups is 1. The molecule has 0 aliphatic heterocycles. The number of aliphatic carboxylic acids is 1. The highest BCUT2D eigenvalue weighted by Crippen LogP contribution is 2.41. The number of benzene rings is 1. The first kappa shape index (κ1) is 16.0. The van der Waals surface area contributed by atoms with Crippen LogP contribution in [0.3, 0.4) is 0 Å². The van der Waals surface area contributed by atoms with Crippen LogP contribution >= 0.6 is 15.9 Å². The summed E-state index contributed by atoms with van der Waals surface area (Å²) in [7, 11) is 1.63. The van der Waals surface area contributed by atoms with Crippen molar-refractivity contribution in [3.8, 4) is 5.75 Å². The molecule has 1 aromatic carbocycles. The lowest BCUT2D eigenvalue weighted by molar-refractivity contribution is -0.138. The summed E-state index contributed by atoms with van der Waals surface area (Å²) in [5.41, 5.74) is 1.53. The standard InChI is InChI=1S/C15H21BrO3/c1-9(2)11-6-10(16)7-12(14(11)19-5)15(3,4)8-13(17)18/h6-7,9H,8H2,1-5H3,(H,17,18). The molecule has 3 nitrogen and oxygen atoms in total. The predicted molar refractivity (Wildman–Crippen MR) is 80.1 cm³/mol. The molecule has 0 saturated carbocycles. The summed E-state index contributed by atoms with van der Waals surface area (Å²) < 4.78 is 6.50. The molecule has 0 aliphatic carbocycles. The number of hydrogen-bond acceptors (Lipinski definition) is 2. The van der Waals surface area contributed by atoms with Gasteiger partial charge < -0.3 is 9.84 Å². The Morgan fingerprint density at radius 3 is 2.42 bits per heavy atom. The minimum Gasteiger partial charge on any atom is -0.496 e. The van der Waals surface area contributed by atoms with Gasteiger partial charge in [0.15, 0.2) is 0 Å². The number of carboxylic acids is 1. The van der Waals surface area contributed by atoms with E-state index in [1.165, 1.54) is 0 Å². The fourth-order valence-electron chi connectivity index (χ4n) is 2.25. The Morgan fingerprint density at radius 2 is 2.00 bits per heavy atom. The number of halogens is 1. The van der Waals surface area contributed by atoms with E-state index in [1.807, 2.05) is 26.0 Å². The lowest BCUT2D eigenvalue weighted by Gasteiger charge is -2.28. The molecule has 1 N–H and O–H groups in total. The van der Waals surface area contributed by atoms with E-state index in [1.54, 1.807) is 7.11 Å². The molecule has 0 saturated heterocycles. The van der Waals surface area contributed by atoms with Gasteiger partial charge in [-0.3, -0.25) is 4.79 Å². The van der Waals surface area contributed by atoms with Gasteiger partial charge in [-0.25, -0.2) is 0 Å². The monoisotopic (exact) mass is 328 g/mol. The zero-order valence-corrected chi connectivity index (χ0v) is 13.7. The first-order valence-corrected chi connectivity index (χ1v) is 7.08. The molecule has 1 aromatic rings. The van der Waals surface area contributed by atoms with Crippen LogP contribution in [0.2, 0.25) is 0 Å². The summed E-state index contributed by atoms with van der Waals surface area (Å²) in [6.07, 6.45) is 0.0668. The van der Waals surface area contributed by atoms with Crippen LogP contribution < -0.4 is 4.74 Å². The Bertz CT molecular complexity index is 479. The third-order valence-electron chi connectivity index (χ3n) is 3.23. The van der Waals surface area contributed by atoms with Gasteiger partial charge in [-0.15, -0.1) is 0 Å². The lowest BCUT2D eigenvalue weighted by atomic mass is 9.79. The van der Waals surface area contributed by atoms with Crippen molar-refractivity contribution in [2.45, 2.75) is 45.4 Å². The molecule has 0 radical (unpaired) electrons. The highest BCUT2D eigenvalue weighted by atomic mass is 79.9. The fraction of sp³-hybridized carbons (Fsp3) is 0.533. The van der Waals surface area contributed by atoms with E-state index in [9.17, 15) is 4.79 Å². The molecule has 0 bridgehead atoms. The molecule has 0 aromatic heterocycles. The average molecular weight is 329 g/mol. The Morgan fingerprint density at radius 1 is 1.42 bits per heavy atom. The molecule has 0 spiro atoms. The summed E-state index contributed by atoms with van der Waals surface area (Å²) >= 11 is 3.50. The zero-order valence-electron chi connectivity index (χ0n) is 12.1. The van der Waals surface area contributed by atoms with Crippen LogP contribution in [-0.4, -0.2) is 18.2 Å². The molecule has 0 heterocycles. The van der Waals surface area contributed by atoms with E-state index in [0.29, 0.717) is 5.92 Å². The van der Waals surface area contributed by atoms with E-state index < -0.39 is 11.4 Å². The van der Waals surface area contributed by atoms with Crippen LogP contribution in [0.25, 0.3) is 0 Å². The lowest BCUT2D eigenvalue weighted by Crippen LogP contribution is -2.23. The van der Waals surface area contributed by atoms with Crippen LogP contribution in [0.4, 0.5) is 0 Å². The second-order valence-electron chi connectivity index (χ2n) is 5.68. The Balaban J connectivity index is 3.45. The molecular weight excluding hydrogens is 308 g/mol. The van der Waals surface area contributed by atoms with E-state index in [-0.39, 0.29) is 6.42 Å². The van der Waals surface area contributed by atoms with Crippen molar-refractivity contribution in [2.75, 3.05) is 7.11 Å². The minimum atomic E-state index is -0.807. The topological polar surface area (TPSA) is 46.5 Å². The Kier molecular flexibility index (Phi) is 5.02. The number of methoxy groups -OCH3 is 1. The van der Waals surface area contributed by atoms with Gasteiger partial charge in [0, 0.05) is 15.5 Å². The van der Waals surface area contributed by atoms with Gasteiger partial charge in [0.2, 0.25) is 0 Å². The molecule has 0 unspecified atom stereocenters. The maximum absolute atomic E-state index is 11.0. The van der Waals surface area contributed by atoms with Crippen molar-refractivity contribution >= 4 is 21.9 Å². The van der Waals surface area contributed by atoms with Gasteiger partial charge in [-0.2, -0.15) is 0 Å². The van der Waals surface area contributed by atoms with E-state index in [0.717, 1.165) is 21.3 Å². The summed E-state index contributed by atoms with van der Waals surface area (Å²) in [6.45, 7) is 8.04. The number of ether oxygens (including phenoxy) is 1. The van der Waals surface area contributed by atoms with Gasteiger partial charge in [0.05, 0.1) is 13.5 Å². The number of carboxylic acid groups (broad SMARTS) is 1. The van der Waals surface area contributed by atoms with Crippen molar-refractivity contribution in [2.24, 2.45) is 0 Å². The summed E-state index contributed by atoms with van der Waals surface area (Å²) in [5, 5.41) is 9.07. The van der Waals surface area contributed by atoms with Crippen LogP contribution in [0.1, 0.15) is 51.2 Å². The fourth-order valence-corrected chi connectivity index (χ4v) is 2.72. The van der Waals surface area contributed by atoms with Gasteiger partial charge in [-0.05, 0) is 23.6 Å². The summed E-state index contributed by atoms with van der Waals surface area (Å²) in [6, 6.07) is 3.98. The third-order valence-corrected chi connectivity index (χ3v) is 3.69. The number of hydrogen-bond donors (Lipinski definition) is 1. The van der Waals surface area contributed by atoms with E-state index >= 15 is 0 Å². The SMILES string of the molecule is COc1c(C(C)C)cc(Br)cc1C(C)(C)CC(=O)O. The summed E-state index contributed by atoms with van der Waals surface area (Å²) in [5.74, 6) is 0.300. The van der Waals surface area contributed by atoms with Crippen molar-refractivity contribution in [1.29, 1.82) is 0 Å². The van der Waals surface area contributed by atoms with Crippen molar-refractivity contribution in [3.05, 3.63) is 27.7 Å². The first-order valence-electron chi connectivity index (χ1n) is 6.28. The zero-order chi connectivity index (χ0) is 14.8. The average Bonchev–Trinajstić information content (AvgIpc) is 2.25. The minimum absolute atomic E-state index is 0.0668. The Labute approximate surface area is 123 Å². The van der Waals surface area contributed by atoms with Crippen LogP contribution in [0.5, 0.6) is 5.75 Å². The molecule has 0 amide bonds. The largest absolute Gasteiger partial charge is 0.496 e. The molecule has 0 aliphatic rings. The van der Waals surface area contributed by atoms with Gasteiger partial charge in [-0.1, -0.05) is 43.6 Å². The van der Waals surface area contributed by atoms with Crippen molar-refractivity contribution in [3.63, 3.8) is 0 Å². The molecule has 19 heavy (non-hydrogen) atoms. The molecule has 0 atom stereocenters. The van der Waals surface area contributed by atoms with Gasteiger partial charge in [0.1, 0.15) is 5.75 Å². The van der Waals surface area contributed by atoms with Crippen LogP contribution in [-0.2, 0) is 10.2 Å². The van der Waals surface area contributed by atoms with Crippen molar-refractivity contribution < 1.29 is 14.6 Å². The van der Waals surface area contributed by atoms with Crippen LogP contribution in [0.15, 0.2) is 16.6 Å². The van der Waals surface area contributed by atoms with Crippen molar-refractivity contribution in [1.82, 2.24) is 0 Å². The first-order chi connectivity index (χ1) is 8.69. The second kappa shape index (κ2) is 5.95. The maximum atomic E-state index is 11.0. The second-order valence-corrected chi connectivity index (χ2v) is 6.60.